The molecule has 20 heavy (non-hydrogen) atoms. The van der Waals surface area contributed by atoms with Gasteiger partial charge in [0.25, 0.3) is 0 Å². The third-order valence-corrected chi connectivity index (χ3v) is 3.68. The Morgan fingerprint density at radius 3 is 3.05 bits per heavy atom. The van der Waals surface area contributed by atoms with E-state index in [2.05, 4.69) is 21.4 Å². The molecule has 0 radical (unpaired) electrons. The lowest BCUT2D eigenvalue weighted by Gasteiger charge is -2.02. The molecule has 3 aromatic rings. The number of aromatic nitrogens is 2. The number of pyridine rings is 1. The van der Waals surface area contributed by atoms with Gasteiger partial charge in [-0.2, -0.15) is 5.26 Å². The van der Waals surface area contributed by atoms with Crippen molar-refractivity contribution in [1.82, 2.24) is 9.97 Å². The van der Waals surface area contributed by atoms with E-state index in [0.717, 1.165) is 21.1 Å². The zero-order valence-electron chi connectivity index (χ0n) is 10.6. The van der Waals surface area contributed by atoms with E-state index in [4.69, 9.17) is 10.00 Å². The fourth-order valence-corrected chi connectivity index (χ4v) is 2.70. The summed E-state index contributed by atoms with van der Waals surface area (Å²) in [5.41, 5.74) is 1.89. The van der Waals surface area contributed by atoms with E-state index in [1.54, 1.807) is 25.4 Å². The quantitative estimate of drug-likeness (QED) is 0.798. The fraction of sp³-hybridized carbons (Fsp3) is 0.0714. The standard InChI is InChI=1S/C14H10N4OS/c1-19-9-4-5-11-13(7-9)20-14(18-11)17-10-3-2-6-16-12(10)8-15/h2-7H,1H3,(H,17,18). The lowest BCUT2D eigenvalue weighted by Crippen LogP contribution is -1.94. The fourth-order valence-electron chi connectivity index (χ4n) is 1.80. The number of methoxy groups -OCH3 is 1. The Morgan fingerprint density at radius 1 is 1.35 bits per heavy atom. The van der Waals surface area contributed by atoms with Gasteiger partial charge in [-0.3, -0.25) is 0 Å². The highest BCUT2D eigenvalue weighted by atomic mass is 32.1. The van der Waals surface area contributed by atoms with Crippen LogP contribution in [0.3, 0.4) is 0 Å². The number of nitriles is 1. The lowest BCUT2D eigenvalue weighted by atomic mass is 10.3. The predicted molar refractivity (Wildman–Crippen MR) is 78.4 cm³/mol. The number of ether oxygens (including phenoxy) is 1. The van der Waals surface area contributed by atoms with Crippen LogP contribution in [0.5, 0.6) is 5.75 Å². The Morgan fingerprint density at radius 2 is 2.25 bits per heavy atom. The number of rotatable bonds is 3. The van der Waals surface area contributed by atoms with Gasteiger partial charge in [-0.1, -0.05) is 11.3 Å². The van der Waals surface area contributed by atoms with Gasteiger partial charge >= 0.3 is 0 Å². The molecule has 0 spiro atoms. The molecular weight excluding hydrogens is 272 g/mol. The molecule has 2 heterocycles. The average molecular weight is 282 g/mol. The van der Waals surface area contributed by atoms with E-state index in [1.165, 1.54) is 11.3 Å². The van der Waals surface area contributed by atoms with Gasteiger partial charge < -0.3 is 10.1 Å². The van der Waals surface area contributed by atoms with Crippen LogP contribution in [0.15, 0.2) is 36.5 Å². The van der Waals surface area contributed by atoms with Gasteiger partial charge in [0.2, 0.25) is 0 Å². The number of hydrogen-bond acceptors (Lipinski definition) is 6. The van der Waals surface area contributed by atoms with Crippen LogP contribution in [-0.4, -0.2) is 17.1 Å². The number of nitrogens with one attached hydrogen (secondary N) is 1. The summed E-state index contributed by atoms with van der Waals surface area (Å²) >= 11 is 1.50. The molecule has 0 saturated carbocycles. The smallest absolute Gasteiger partial charge is 0.188 e. The number of thiazole rings is 1. The molecule has 6 heteroatoms. The highest BCUT2D eigenvalue weighted by Gasteiger charge is 2.08. The minimum absolute atomic E-state index is 0.351. The summed E-state index contributed by atoms with van der Waals surface area (Å²) in [5.74, 6) is 0.798. The van der Waals surface area contributed by atoms with Crippen molar-refractivity contribution in [2.75, 3.05) is 12.4 Å². The first kappa shape index (κ1) is 12.4. The van der Waals surface area contributed by atoms with Crippen LogP contribution in [0.1, 0.15) is 5.69 Å². The third kappa shape index (κ3) is 2.27. The Bertz CT molecular complexity index is 806. The van der Waals surface area contributed by atoms with Gasteiger partial charge in [-0.15, -0.1) is 0 Å². The molecular formula is C14H10N4OS. The highest BCUT2D eigenvalue weighted by Crippen LogP contribution is 2.31. The summed E-state index contributed by atoms with van der Waals surface area (Å²) in [6, 6.07) is 11.3. The molecule has 0 aliphatic rings. The molecule has 0 amide bonds. The van der Waals surface area contributed by atoms with Gasteiger partial charge in [-0.05, 0) is 30.3 Å². The Balaban J connectivity index is 1.97. The van der Waals surface area contributed by atoms with Gasteiger partial charge in [0.15, 0.2) is 10.8 Å². The summed E-state index contributed by atoms with van der Waals surface area (Å²) in [4.78, 5) is 8.48. The summed E-state index contributed by atoms with van der Waals surface area (Å²) in [7, 11) is 1.64. The van der Waals surface area contributed by atoms with Crippen molar-refractivity contribution in [2.45, 2.75) is 0 Å². The first-order valence-corrected chi connectivity index (χ1v) is 6.68. The molecule has 1 N–H and O–H groups in total. The maximum absolute atomic E-state index is 9.02. The Hall–Kier alpha value is -2.65. The monoisotopic (exact) mass is 282 g/mol. The highest BCUT2D eigenvalue weighted by molar-refractivity contribution is 7.22. The molecule has 0 aliphatic carbocycles. The minimum atomic E-state index is 0.351. The maximum atomic E-state index is 9.02. The lowest BCUT2D eigenvalue weighted by molar-refractivity contribution is 0.415. The molecule has 0 saturated heterocycles. The van der Waals surface area contributed by atoms with E-state index in [-0.39, 0.29) is 0 Å². The molecule has 0 fully saturated rings. The van der Waals surface area contributed by atoms with E-state index >= 15 is 0 Å². The van der Waals surface area contributed by atoms with Crippen LogP contribution in [0.25, 0.3) is 10.2 Å². The van der Waals surface area contributed by atoms with Crippen molar-refractivity contribution in [3.05, 3.63) is 42.2 Å². The zero-order valence-corrected chi connectivity index (χ0v) is 11.4. The average Bonchev–Trinajstić information content (AvgIpc) is 2.89. The molecule has 1 aromatic carbocycles. The largest absolute Gasteiger partial charge is 0.497 e. The van der Waals surface area contributed by atoms with Crippen molar-refractivity contribution in [2.24, 2.45) is 0 Å². The number of hydrogen-bond donors (Lipinski definition) is 1. The molecule has 2 aromatic heterocycles. The maximum Gasteiger partial charge on any atom is 0.188 e. The third-order valence-electron chi connectivity index (χ3n) is 2.75. The summed E-state index contributed by atoms with van der Waals surface area (Å²) < 4.78 is 6.21. The van der Waals surface area contributed by atoms with Crippen molar-refractivity contribution in [1.29, 1.82) is 5.26 Å². The molecule has 0 unspecified atom stereocenters. The molecule has 0 aliphatic heterocycles. The first-order chi connectivity index (χ1) is 9.80. The minimum Gasteiger partial charge on any atom is -0.497 e. The van der Waals surface area contributed by atoms with E-state index in [0.29, 0.717) is 11.4 Å². The normalized spacial score (nSPS) is 10.2. The number of anilines is 2. The summed E-state index contributed by atoms with van der Waals surface area (Å²) in [5, 5.41) is 12.9. The molecule has 98 valence electrons. The molecule has 0 atom stereocenters. The topological polar surface area (TPSA) is 70.8 Å². The predicted octanol–water partition coefficient (Wildman–Crippen LogP) is 3.32. The van der Waals surface area contributed by atoms with Crippen LogP contribution < -0.4 is 10.1 Å². The van der Waals surface area contributed by atoms with E-state index < -0.39 is 0 Å². The van der Waals surface area contributed by atoms with Gasteiger partial charge in [-0.25, -0.2) is 9.97 Å². The second kappa shape index (κ2) is 5.15. The SMILES string of the molecule is COc1ccc2nc(Nc3cccnc3C#N)sc2c1. The van der Waals surface area contributed by atoms with E-state index in [9.17, 15) is 0 Å². The second-order valence-corrected chi connectivity index (χ2v) is 5.02. The van der Waals surface area contributed by atoms with Crippen molar-refractivity contribution in [3.63, 3.8) is 0 Å². The van der Waals surface area contributed by atoms with Gasteiger partial charge in [0.05, 0.1) is 23.0 Å². The van der Waals surface area contributed by atoms with Crippen molar-refractivity contribution < 1.29 is 4.74 Å². The van der Waals surface area contributed by atoms with E-state index in [1.807, 2.05) is 18.2 Å². The van der Waals surface area contributed by atoms with Crippen molar-refractivity contribution >= 4 is 32.4 Å². The van der Waals surface area contributed by atoms with Crippen LogP contribution >= 0.6 is 11.3 Å². The summed E-state index contributed by atoms with van der Waals surface area (Å²) in [6.45, 7) is 0. The van der Waals surface area contributed by atoms with Crippen LogP contribution in [0, 0.1) is 11.3 Å². The van der Waals surface area contributed by atoms with Gasteiger partial charge in [0, 0.05) is 6.20 Å². The van der Waals surface area contributed by atoms with Crippen LogP contribution in [0.4, 0.5) is 10.8 Å². The number of fused-ring (bicyclic) bond motifs is 1. The molecule has 3 rings (SSSR count). The van der Waals surface area contributed by atoms with Crippen LogP contribution in [-0.2, 0) is 0 Å². The Labute approximate surface area is 119 Å². The molecule has 5 nitrogen and oxygen atoms in total. The second-order valence-electron chi connectivity index (χ2n) is 3.99. The van der Waals surface area contributed by atoms with Gasteiger partial charge in [0.1, 0.15) is 11.8 Å². The zero-order chi connectivity index (χ0) is 13.9. The van der Waals surface area contributed by atoms with Crippen LogP contribution in [0.2, 0.25) is 0 Å². The molecule has 0 bridgehead atoms. The number of benzene rings is 1. The Kier molecular flexibility index (Phi) is 3.19. The van der Waals surface area contributed by atoms with Crippen molar-refractivity contribution in [3.8, 4) is 11.8 Å². The first-order valence-electron chi connectivity index (χ1n) is 5.87. The summed E-state index contributed by atoms with van der Waals surface area (Å²) in [6.07, 6.45) is 1.59. The number of nitrogens with zero attached hydrogens (tertiary/aromatic N) is 3.